The topological polar surface area (TPSA) is 136 Å². The van der Waals surface area contributed by atoms with Crippen molar-refractivity contribution in [3.63, 3.8) is 0 Å². The van der Waals surface area contributed by atoms with Gasteiger partial charge in [-0.25, -0.2) is 9.59 Å². The SMILES string of the molecule is CC1(C)SCN(C(=O)O)[C@@H]1C(=O)N[C@@H](Cc1ccc(NC(=O)c2c(Cl)cccc2Cl)cc1)C(=O)O. The molecule has 1 saturated heterocycles. The molecule has 1 aliphatic rings. The van der Waals surface area contributed by atoms with E-state index in [-0.39, 0.29) is 27.9 Å². The summed E-state index contributed by atoms with van der Waals surface area (Å²) in [5.41, 5.74) is 1.16. The second-order valence-electron chi connectivity index (χ2n) is 8.38. The summed E-state index contributed by atoms with van der Waals surface area (Å²) in [5.74, 6) is -2.31. The third-order valence-corrected chi connectivity index (χ3v) is 7.50. The molecule has 0 aromatic heterocycles. The molecule has 0 spiro atoms. The number of amides is 3. The number of thioether (sulfide) groups is 1. The smallest absolute Gasteiger partial charge is 0.408 e. The summed E-state index contributed by atoms with van der Waals surface area (Å²) in [5, 5.41) is 24.6. The Morgan fingerprint density at radius 2 is 1.69 bits per heavy atom. The van der Waals surface area contributed by atoms with Crippen molar-refractivity contribution in [3.05, 3.63) is 63.6 Å². The molecule has 1 aliphatic heterocycles. The van der Waals surface area contributed by atoms with Gasteiger partial charge in [0.1, 0.15) is 12.1 Å². The third kappa shape index (κ3) is 6.19. The van der Waals surface area contributed by atoms with Gasteiger partial charge in [0.25, 0.3) is 5.91 Å². The average molecular weight is 540 g/mol. The van der Waals surface area contributed by atoms with E-state index in [4.69, 9.17) is 23.2 Å². The molecule has 12 heteroatoms. The second-order valence-corrected chi connectivity index (χ2v) is 10.8. The zero-order valence-corrected chi connectivity index (χ0v) is 21.1. The van der Waals surface area contributed by atoms with E-state index in [0.717, 1.165) is 4.90 Å². The predicted molar refractivity (Wildman–Crippen MR) is 134 cm³/mol. The van der Waals surface area contributed by atoms with E-state index in [9.17, 15) is 29.4 Å². The van der Waals surface area contributed by atoms with Crippen molar-refractivity contribution in [1.82, 2.24) is 10.2 Å². The molecule has 0 aliphatic carbocycles. The molecule has 1 fully saturated rings. The first kappa shape index (κ1) is 26.7. The number of anilines is 1. The number of carbonyl (C=O) groups excluding carboxylic acids is 2. The molecule has 0 radical (unpaired) electrons. The molecule has 0 saturated carbocycles. The molecule has 2 atom stereocenters. The van der Waals surface area contributed by atoms with Gasteiger partial charge in [0.15, 0.2) is 0 Å². The fraction of sp³-hybridized carbons (Fsp3) is 0.304. The number of carbonyl (C=O) groups is 4. The number of halogens is 2. The third-order valence-electron chi connectivity index (χ3n) is 5.50. The number of rotatable bonds is 7. The monoisotopic (exact) mass is 539 g/mol. The number of aliphatic carboxylic acids is 1. The van der Waals surface area contributed by atoms with Crippen molar-refractivity contribution in [1.29, 1.82) is 0 Å². The van der Waals surface area contributed by atoms with Crippen LogP contribution >= 0.6 is 35.0 Å². The number of nitrogens with one attached hydrogen (secondary N) is 2. The van der Waals surface area contributed by atoms with Gasteiger partial charge in [0, 0.05) is 16.9 Å². The second kappa shape index (κ2) is 10.8. The summed E-state index contributed by atoms with van der Waals surface area (Å²) in [4.78, 5) is 49.8. The average Bonchev–Trinajstić information content (AvgIpc) is 3.09. The van der Waals surface area contributed by atoms with Gasteiger partial charge in [0.05, 0.1) is 21.5 Å². The van der Waals surface area contributed by atoms with Gasteiger partial charge in [-0.15, -0.1) is 11.8 Å². The number of nitrogens with zero attached hydrogens (tertiary/aromatic N) is 1. The summed E-state index contributed by atoms with van der Waals surface area (Å²) in [6.07, 6.45) is -1.29. The highest BCUT2D eigenvalue weighted by Gasteiger charge is 2.48. The Morgan fingerprint density at radius 1 is 1.09 bits per heavy atom. The molecular formula is C23H23Cl2N3O6S. The quantitative estimate of drug-likeness (QED) is 0.414. The maximum Gasteiger partial charge on any atom is 0.408 e. The molecule has 0 unspecified atom stereocenters. The Balaban J connectivity index is 1.69. The van der Waals surface area contributed by atoms with E-state index in [0.29, 0.717) is 11.3 Å². The van der Waals surface area contributed by atoms with Crippen molar-refractivity contribution in [2.24, 2.45) is 0 Å². The lowest BCUT2D eigenvalue weighted by molar-refractivity contribution is -0.142. The molecule has 3 rings (SSSR count). The van der Waals surface area contributed by atoms with E-state index < -0.39 is 40.7 Å². The van der Waals surface area contributed by atoms with E-state index in [1.807, 2.05) is 0 Å². The summed E-state index contributed by atoms with van der Waals surface area (Å²) in [7, 11) is 0. The van der Waals surface area contributed by atoms with Crippen LogP contribution in [0.1, 0.15) is 29.8 Å². The summed E-state index contributed by atoms with van der Waals surface area (Å²) in [6, 6.07) is 8.82. The van der Waals surface area contributed by atoms with Crippen LogP contribution in [0.25, 0.3) is 0 Å². The summed E-state index contributed by atoms with van der Waals surface area (Å²) < 4.78 is -0.712. The van der Waals surface area contributed by atoms with Gasteiger partial charge in [0.2, 0.25) is 5.91 Å². The van der Waals surface area contributed by atoms with E-state index in [2.05, 4.69) is 10.6 Å². The highest BCUT2D eigenvalue weighted by Crippen LogP contribution is 2.39. The van der Waals surface area contributed by atoms with Crippen LogP contribution < -0.4 is 10.6 Å². The maximum atomic E-state index is 12.9. The van der Waals surface area contributed by atoms with Crippen LogP contribution in [0.2, 0.25) is 10.0 Å². The van der Waals surface area contributed by atoms with Crippen LogP contribution in [0, 0.1) is 0 Å². The number of benzene rings is 2. The largest absolute Gasteiger partial charge is 0.480 e. The van der Waals surface area contributed by atoms with Crippen LogP contribution in [-0.4, -0.2) is 61.7 Å². The van der Waals surface area contributed by atoms with Gasteiger partial charge in [-0.1, -0.05) is 41.4 Å². The van der Waals surface area contributed by atoms with Crippen LogP contribution in [0.4, 0.5) is 10.5 Å². The molecule has 0 bridgehead atoms. The van der Waals surface area contributed by atoms with Crippen molar-refractivity contribution in [2.45, 2.75) is 37.1 Å². The number of hydrogen-bond donors (Lipinski definition) is 4. The van der Waals surface area contributed by atoms with Gasteiger partial charge < -0.3 is 20.8 Å². The van der Waals surface area contributed by atoms with Crippen molar-refractivity contribution in [2.75, 3.05) is 11.2 Å². The molecule has 3 amide bonds. The Bertz CT molecular complexity index is 1140. The number of hydrogen-bond acceptors (Lipinski definition) is 5. The number of carboxylic acids is 1. The first-order valence-electron chi connectivity index (χ1n) is 10.4. The first-order chi connectivity index (χ1) is 16.4. The Kier molecular flexibility index (Phi) is 8.19. The minimum atomic E-state index is -1.28. The van der Waals surface area contributed by atoms with Crippen LogP contribution in [0.15, 0.2) is 42.5 Å². The Morgan fingerprint density at radius 3 is 2.23 bits per heavy atom. The predicted octanol–water partition coefficient (Wildman–Crippen LogP) is 4.19. The molecular weight excluding hydrogens is 517 g/mol. The zero-order valence-electron chi connectivity index (χ0n) is 18.7. The lowest BCUT2D eigenvalue weighted by Crippen LogP contribution is -2.56. The molecule has 35 heavy (non-hydrogen) atoms. The van der Waals surface area contributed by atoms with E-state index in [1.165, 1.54) is 11.8 Å². The summed E-state index contributed by atoms with van der Waals surface area (Å²) >= 11 is 13.4. The van der Waals surface area contributed by atoms with Crippen molar-refractivity contribution < 1.29 is 29.4 Å². The first-order valence-corrected chi connectivity index (χ1v) is 12.2. The maximum absolute atomic E-state index is 12.9. The Labute approximate surface area is 215 Å². The zero-order chi connectivity index (χ0) is 25.9. The van der Waals surface area contributed by atoms with Gasteiger partial charge in [-0.05, 0) is 43.7 Å². The highest BCUT2D eigenvalue weighted by atomic mass is 35.5. The lowest BCUT2D eigenvalue weighted by atomic mass is 9.99. The van der Waals surface area contributed by atoms with Gasteiger partial charge in [-0.3, -0.25) is 14.5 Å². The molecule has 186 valence electrons. The molecule has 9 nitrogen and oxygen atoms in total. The Hall–Kier alpha value is -2.95. The normalized spacial score (nSPS) is 17.5. The van der Waals surface area contributed by atoms with Crippen LogP contribution in [0.3, 0.4) is 0 Å². The molecule has 2 aromatic carbocycles. The van der Waals surface area contributed by atoms with Crippen LogP contribution in [-0.2, 0) is 16.0 Å². The van der Waals surface area contributed by atoms with Gasteiger partial charge in [-0.2, -0.15) is 0 Å². The van der Waals surface area contributed by atoms with Crippen LogP contribution in [0.5, 0.6) is 0 Å². The fourth-order valence-corrected chi connectivity index (χ4v) is 5.40. The molecule has 1 heterocycles. The number of carboxylic acid groups (broad SMARTS) is 2. The van der Waals surface area contributed by atoms with E-state index in [1.54, 1.807) is 56.3 Å². The minimum absolute atomic E-state index is 0.0427. The van der Waals surface area contributed by atoms with Crippen molar-refractivity contribution >= 4 is 64.5 Å². The molecule has 4 N–H and O–H groups in total. The summed E-state index contributed by atoms with van der Waals surface area (Å²) in [6.45, 7) is 3.48. The molecule has 2 aromatic rings. The lowest BCUT2D eigenvalue weighted by Gasteiger charge is -2.29. The highest BCUT2D eigenvalue weighted by molar-refractivity contribution is 8.00. The minimum Gasteiger partial charge on any atom is -0.480 e. The van der Waals surface area contributed by atoms with Crippen molar-refractivity contribution in [3.8, 4) is 0 Å². The standard InChI is InChI=1S/C23H23Cl2N3O6S/c1-23(2)18(28(11-35-23)22(33)34)20(30)27-16(21(31)32)10-12-6-8-13(9-7-12)26-19(29)17-14(24)4-3-5-15(17)25/h3-9,16,18H,10-11H2,1-2H3,(H,26,29)(H,27,30)(H,31,32)(H,33,34)/t16-,18+/m0/s1. The van der Waals surface area contributed by atoms with Gasteiger partial charge >= 0.3 is 12.1 Å². The fourth-order valence-electron chi connectivity index (χ4n) is 3.71. The van der Waals surface area contributed by atoms with E-state index >= 15 is 0 Å².